The molecule has 1 N–H and O–H groups in total. The Morgan fingerprint density at radius 2 is 1.77 bits per heavy atom. The maximum absolute atomic E-state index is 12.3. The number of hydrogen-bond acceptors (Lipinski definition) is 4. The van der Waals surface area contributed by atoms with E-state index >= 15 is 0 Å². The van der Waals surface area contributed by atoms with Gasteiger partial charge in [0.25, 0.3) is 0 Å². The van der Waals surface area contributed by atoms with Crippen molar-refractivity contribution in [2.24, 2.45) is 0 Å². The van der Waals surface area contributed by atoms with E-state index in [0.717, 1.165) is 39.1 Å². The van der Waals surface area contributed by atoms with Crippen LogP contribution >= 0.6 is 0 Å². The fourth-order valence-electron chi connectivity index (χ4n) is 2.51. The van der Waals surface area contributed by atoms with Gasteiger partial charge in [-0.2, -0.15) is 13.2 Å². The first-order chi connectivity index (χ1) is 10.5. The number of para-hydroxylation sites is 2. The van der Waals surface area contributed by atoms with Crippen molar-refractivity contribution in [3.05, 3.63) is 24.3 Å². The molecule has 0 saturated carbocycles. The van der Waals surface area contributed by atoms with Crippen molar-refractivity contribution in [3.63, 3.8) is 0 Å². The minimum absolute atomic E-state index is 0.175. The predicted molar refractivity (Wildman–Crippen MR) is 78.3 cm³/mol. The quantitative estimate of drug-likeness (QED) is 0.872. The van der Waals surface area contributed by atoms with Gasteiger partial charge in [0.15, 0.2) is 6.61 Å². The van der Waals surface area contributed by atoms with E-state index in [4.69, 9.17) is 9.84 Å². The monoisotopic (exact) mass is 318 g/mol. The molecule has 1 heterocycles. The van der Waals surface area contributed by atoms with Crippen LogP contribution in [0.2, 0.25) is 0 Å². The number of ether oxygens (including phenoxy) is 1. The lowest BCUT2D eigenvalue weighted by Gasteiger charge is -2.36. The van der Waals surface area contributed by atoms with Crippen LogP contribution in [-0.2, 0) is 0 Å². The van der Waals surface area contributed by atoms with Gasteiger partial charge in [-0.25, -0.2) is 0 Å². The first kappa shape index (κ1) is 16.9. The Kier molecular flexibility index (Phi) is 5.90. The molecule has 0 radical (unpaired) electrons. The summed E-state index contributed by atoms with van der Waals surface area (Å²) >= 11 is 0. The second kappa shape index (κ2) is 7.69. The summed E-state index contributed by atoms with van der Waals surface area (Å²) in [6.07, 6.45) is -3.60. The predicted octanol–water partition coefficient (Wildman–Crippen LogP) is 2.13. The molecule has 1 saturated heterocycles. The molecule has 1 aliphatic heterocycles. The number of nitrogens with zero attached hydrogens (tertiary/aromatic N) is 2. The fourth-order valence-corrected chi connectivity index (χ4v) is 2.51. The van der Waals surface area contributed by atoms with Crippen molar-refractivity contribution in [2.75, 3.05) is 50.8 Å². The van der Waals surface area contributed by atoms with E-state index in [-0.39, 0.29) is 12.4 Å². The van der Waals surface area contributed by atoms with Crippen molar-refractivity contribution < 1.29 is 23.0 Å². The molecule has 22 heavy (non-hydrogen) atoms. The van der Waals surface area contributed by atoms with Gasteiger partial charge in [0.1, 0.15) is 5.75 Å². The van der Waals surface area contributed by atoms with Crippen molar-refractivity contribution in [3.8, 4) is 5.75 Å². The molecule has 7 heteroatoms. The third-order valence-corrected chi connectivity index (χ3v) is 3.60. The van der Waals surface area contributed by atoms with E-state index in [1.54, 1.807) is 24.3 Å². The number of halogens is 3. The molecule has 1 aromatic carbocycles. The van der Waals surface area contributed by atoms with E-state index in [0.29, 0.717) is 5.69 Å². The number of aliphatic hydroxyl groups is 1. The molecule has 124 valence electrons. The molecule has 1 aromatic rings. The summed E-state index contributed by atoms with van der Waals surface area (Å²) in [6, 6.07) is 6.83. The van der Waals surface area contributed by atoms with E-state index in [2.05, 4.69) is 4.90 Å². The lowest BCUT2D eigenvalue weighted by atomic mass is 10.2. The molecule has 0 amide bonds. The van der Waals surface area contributed by atoms with Crippen LogP contribution in [0.4, 0.5) is 18.9 Å². The second-order valence-electron chi connectivity index (χ2n) is 5.28. The van der Waals surface area contributed by atoms with Crippen LogP contribution in [0.1, 0.15) is 6.42 Å². The van der Waals surface area contributed by atoms with Crippen LogP contribution < -0.4 is 9.64 Å². The molecular weight excluding hydrogens is 297 g/mol. The molecule has 4 nitrogen and oxygen atoms in total. The van der Waals surface area contributed by atoms with Gasteiger partial charge in [-0.3, -0.25) is 4.90 Å². The molecule has 0 aliphatic carbocycles. The third kappa shape index (κ3) is 5.06. The number of aliphatic hydroxyl groups excluding tert-OH is 1. The number of rotatable bonds is 6. The number of piperazine rings is 1. The van der Waals surface area contributed by atoms with Gasteiger partial charge in [-0.15, -0.1) is 0 Å². The zero-order chi connectivity index (χ0) is 16.0. The molecule has 1 aliphatic rings. The maximum Gasteiger partial charge on any atom is 0.422 e. The van der Waals surface area contributed by atoms with Crippen LogP contribution in [0.15, 0.2) is 24.3 Å². The Hall–Kier alpha value is -1.47. The average Bonchev–Trinajstić information content (AvgIpc) is 2.51. The number of anilines is 1. The van der Waals surface area contributed by atoms with Crippen molar-refractivity contribution in [2.45, 2.75) is 12.6 Å². The number of alkyl halides is 3. The average molecular weight is 318 g/mol. The maximum atomic E-state index is 12.3. The van der Waals surface area contributed by atoms with Crippen LogP contribution in [0.25, 0.3) is 0 Å². The minimum atomic E-state index is -4.34. The smallest absolute Gasteiger partial charge is 0.422 e. The van der Waals surface area contributed by atoms with Crippen LogP contribution in [0, 0.1) is 0 Å². The Morgan fingerprint density at radius 3 is 2.41 bits per heavy atom. The van der Waals surface area contributed by atoms with Gasteiger partial charge in [0, 0.05) is 39.3 Å². The summed E-state index contributed by atoms with van der Waals surface area (Å²) in [6.45, 7) is 2.86. The fraction of sp³-hybridized carbons (Fsp3) is 0.600. The number of hydrogen-bond donors (Lipinski definition) is 1. The van der Waals surface area contributed by atoms with Gasteiger partial charge in [-0.1, -0.05) is 12.1 Å². The zero-order valence-electron chi connectivity index (χ0n) is 12.4. The molecule has 0 bridgehead atoms. The highest BCUT2D eigenvalue weighted by Gasteiger charge is 2.29. The number of benzene rings is 1. The van der Waals surface area contributed by atoms with E-state index in [9.17, 15) is 13.2 Å². The minimum Gasteiger partial charge on any atom is -0.482 e. The van der Waals surface area contributed by atoms with Crippen molar-refractivity contribution in [1.82, 2.24) is 4.90 Å². The van der Waals surface area contributed by atoms with E-state index in [1.807, 2.05) is 4.90 Å². The lowest BCUT2D eigenvalue weighted by Crippen LogP contribution is -2.46. The second-order valence-corrected chi connectivity index (χ2v) is 5.28. The van der Waals surface area contributed by atoms with Gasteiger partial charge >= 0.3 is 6.18 Å². The Balaban J connectivity index is 1.95. The highest BCUT2D eigenvalue weighted by molar-refractivity contribution is 5.58. The first-order valence-electron chi connectivity index (χ1n) is 7.36. The Morgan fingerprint density at radius 1 is 1.09 bits per heavy atom. The molecule has 2 rings (SSSR count). The topological polar surface area (TPSA) is 35.9 Å². The van der Waals surface area contributed by atoms with Crippen LogP contribution in [0.5, 0.6) is 5.75 Å². The molecule has 0 unspecified atom stereocenters. The van der Waals surface area contributed by atoms with Gasteiger partial charge in [0.05, 0.1) is 5.69 Å². The van der Waals surface area contributed by atoms with E-state index < -0.39 is 12.8 Å². The van der Waals surface area contributed by atoms with Gasteiger partial charge < -0.3 is 14.7 Å². The molecule has 1 fully saturated rings. The summed E-state index contributed by atoms with van der Waals surface area (Å²) < 4.78 is 41.9. The highest BCUT2D eigenvalue weighted by atomic mass is 19.4. The molecule has 0 aromatic heterocycles. The summed E-state index contributed by atoms with van der Waals surface area (Å²) in [5.41, 5.74) is 0.702. The Bertz CT molecular complexity index is 460. The molecular formula is C15H21F3N2O2. The first-order valence-corrected chi connectivity index (χ1v) is 7.36. The summed E-state index contributed by atoms with van der Waals surface area (Å²) in [5.74, 6) is 0.267. The van der Waals surface area contributed by atoms with Gasteiger partial charge in [0.2, 0.25) is 0 Å². The standard InChI is InChI=1S/C15H21F3N2O2/c16-15(17,18)12-22-14-5-2-1-4-13(14)20-9-7-19(8-10-20)6-3-11-21/h1-2,4-5,21H,3,6-12H2. The zero-order valence-corrected chi connectivity index (χ0v) is 12.4. The summed E-state index contributed by atoms with van der Waals surface area (Å²) in [7, 11) is 0. The van der Waals surface area contributed by atoms with Crippen molar-refractivity contribution in [1.29, 1.82) is 0 Å². The van der Waals surface area contributed by atoms with E-state index in [1.165, 1.54) is 0 Å². The van der Waals surface area contributed by atoms with Gasteiger partial charge in [-0.05, 0) is 18.6 Å². The molecule has 0 spiro atoms. The van der Waals surface area contributed by atoms with Crippen molar-refractivity contribution >= 4 is 5.69 Å². The molecule has 0 atom stereocenters. The van der Waals surface area contributed by atoms with Crippen LogP contribution in [0.3, 0.4) is 0 Å². The highest BCUT2D eigenvalue weighted by Crippen LogP contribution is 2.30. The summed E-state index contributed by atoms with van der Waals surface area (Å²) in [4.78, 5) is 4.28. The lowest BCUT2D eigenvalue weighted by molar-refractivity contribution is -0.153. The summed E-state index contributed by atoms with van der Waals surface area (Å²) in [5, 5.41) is 8.84. The SMILES string of the molecule is OCCCN1CCN(c2ccccc2OCC(F)(F)F)CC1. The van der Waals surface area contributed by atoms with Crippen LogP contribution in [-0.4, -0.2) is 62.1 Å². The third-order valence-electron chi connectivity index (χ3n) is 3.60. The Labute approximate surface area is 128 Å². The normalized spacial score (nSPS) is 16.8. The largest absolute Gasteiger partial charge is 0.482 e.